The zero-order valence-corrected chi connectivity index (χ0v) is 16.6. The summed E-state index contributed by atoms with van der Waals surface area (Å²) in [6.07, 6.45) is 3.56. The molecule has 9 nitrogen and oxygen atoms in total. The molecule has 3 aliphatic heterocycles. The number of carbonyl (C=O) groups excluding carboxylic acids is 3. The molecule has 2 saturated heterocycles. The van der Waals surface area contributed by atoms with E-state index in [2.05, 4.69) is 10.6 Å². The van der Waals surface area contributed by atoms with Crippen LogP contribution in [0.3, 0.4) is 0 Å². The van der Waals surface area contributed by atoms with Crippen LogP contribution in [0.2, 0.25) is 5.02 Å². The van der Waals surface area contributed by atoms with Crippen LogP contribution < -0.4 is 10.6 Å². The normalized spacial score (nSPS) is 25.5. The summed E-state index contributed by atoms with van der Waals surface area (Å²) in [5, 5.41) is 16.1. The average Bonchev–Trinajstić information content (AvgIpc) is 3.24. The van der Waals surface area contributed by atoms with Gasteiger partial charge < -0.3 is 10.2 Å². The number of amides is 3. The molecule has 2 aromatic rings. The molecule has 0 spiro atoms. The summed E-state index contributed by atoms with van der Waals surface area (Å²) < 4.78 is 0. The first-order valence-corrected chi connectivity index (χ1v) is 9.88. The lowest BCUT2D eigenvalue weighted by atomic mass is 9.84. The van der Waals surface area contributed by atoms with E-state index >= 15 is 0 Å². The summed E-state index contributed by atoms with van der Waals surface area (Å²) in [5.74, 6) is -3.04. The molecule has 0 aromatic heterocycles. The molecule has 2 N–H and O–H groups in total. The molecule has 0 aliphatic carbocycles. The Morgan fingerprint density at radius 1 is 1.13 bits per heavy atom. The standard InChI is InChI=1S/C21H15ClN4O5/c22-13-6-5-11(9-14(13)26(30)31)23-21(29)18-16-15(19(27)24-20(16)28)17-12-4-2-1-3-10(12)7-8-25(17)18/h1-9,15-18H,(H,23,29)(H,24,27,28)/t15-,16+,17?,18-/m0/s1. The number of carbonyl (C=O) groups is 3. The van der Waals surface area contributed by atoms with E-state index in [1.165, 1.54) is 12.1 Å². The number of rotatable bonds is 3. The number of benzene rings is 2. The SMILES string of the molecule is O=C1NC(=O)[C@@H]2C3c4ccccc4C=CN3[C@H](C(=O)Nc3ccc(Cl)c([N+](=O)[O-])c3)[C@H]12. The Morgan fingerprint density at radius 2 is 1.87 bits per heavy atom. The molecule has 0 bridgehead atoms. The predicted molar refractivity (Wildman–Crippen MR) is 111 cm³/mol. The fourth-order valence-electron chi connectivity index (χ4n) is 4.72. The van der Waals surface area contributed by atoms with Crippen LogP contribution in [-0.4, -0.2) is 33.6 Å². The van der Waals surface area contributed by atoms with Gasteiger partial charge in [0.1, 0.15) is 11.1 Å². The molecular weight excluding hydrogens is 424 g/mol. The quantitative estimate of drug-likeness (QED) is 0.431. The van der Waals surface area contributed by atoms with Crippen molar-refractivity contribution in [2.24, 2.45) is 11.8 Å². The summed E-state index contributed by atoms with van der Waals surface area (Å²) in [6.45, 7) is 0. The van der Waals surface area contributed by atoms with Gasteiger partial charge in [0.2, 0.25) is 17.7 Å². The van der Waals surface area contributed by atoms with Gasteiger partial charge in [0.25, 0.3) is 5.69 Å². The second-order valence-electron chi connectivity index (χ2n) is 7.60. The van der Waals surface area contributed by atoms with Crippen molar-refractivity contribution in [3.63, 3.8) is 0 Å². The number of nitro benzene ring substituents is 1. The maximum atomic E-state index is 13.3. The third kappa shape index (κ3) is 2.89. The van der Waals surface area contributed by atoms with Crippen molar-refractivity contribution in [1.29, 1.82) is 0 Å². The molecule has 5 rings (SSSR count). The Balaban J connectivity index is 1.52. The minimum absolute atomic E-state index is 0.0552. The summed E-state index contributed by atoms with van der Waals surface area (Å²) in [4.78, 5) is 50.7. The summed E-state index contributed by atoms with van der Waals surface area (Å²) in [7, 11) is 0. The number of imide groups is 1. The summed E-state index contributed by atoms with van der Waals surface area (Å²) in [5.41, 5.74) is 1.61. The van der Waals surface area contributed by atoms with Crippen molar-refractivity contribution < 1.29 is 19.3 Å². The van der Waals surface area contributed by atoms with E-state index in [0.717, 1.165) is 17.2 Å². The first-order chi connectivity index (χ1) is 14.9. The molecule has 0 radical (unpaired) electrons. The molecule has 3 heterocycles. The number of fused-ring (bicyclic) bond motifs is 5. The zero-order chi connectivity index (χ0) is 21.9. The van der Waals surface area contributed by atoms with Crippen molar-refractivity contribution >= 4 is 46.8 Å². The van der Waals surface area contributed by atoms with Crippen molar-refractivity contribution in [2.45, 2.75) is 12.1 Å². The molecule has 2 fully saturated rings. The van der Waals surface area contributed by atoms with Gasteiger partial charge >= 0.3 is 0 Å². The molecule has 3 aliphatic rings. The molecule has 0 saturated carbocycles. The third-order valence-electron chi connectivity index (χ3n) is 5.98. The third-order valence-corrected chi connectivity index (χ3v) is 6.30. The molecule has 1 unspecified atom stereocenters. The maximum Gasteiger partial charge on any atom is 0.289 e. The number of nitro groups is 1. The van der Waals surface area contributed by atoms with Crippen LogP contribution in [0.15, 0.2) is 48.7 Å². The average molecular weight is 439 g/mol. The van der Waals surface area contributed by atoms with Crippen molar-refractivity contribution in [3.05, 3.63) is 74.9 Å². The smallest absolute Gasteiger partial charge is 0.289 e. The molecule has 31 heavy (non-hydrogen) atoms. The first-order valence-electron chi connectivity index (χ1n) is 9.51. The van der Waals surface area contributed by atoms with Crippen molar-refractivity contribution in [3.8, 4) is 0 Å². The molecular formula is C21H15ClN4O5. The number of halogens is 1. The minimum Gasteiger partial charge on any atom is -0.357 e. The van der Waals surface area contributed by atoms with Gasteiger partial charge in [0, 0.05) is 18.0 Å². The van der Waals surface area contributed by atoms with Crippen LogP contribution in [-0.2, 0) is 14.4 Å². The Labute approximate surface area is 180 Å². The molecule has 156 valence electrons. The monoisotopic (exact) mass is 438 g/mol. The maximum absolute atomic E-state index is 13.3. The van der Waals surface area contributed by atoms with Gasteiger partial charge in [0.05, 0.1) is 22.8 Å². The Kier molecular flexibility index (Phi) is 4.30. The fourth-order valence-corrected chi connectivity index (χ4v) is 4.91. The molecule has 10 heteroatoms. The van der Waals surface area contributed by atoms with E-state index in [9.17, 15) is 24.5 Å². The van der Waals surface area contributed by atoms with Gasteiger partial charge in [-0.3, -0.25) is 29.8 Å². The van der Waals surface area contributed by atoms with E-state index < -0.39 is 46.6 Å². The van der Waals surface area contributed by atoms with Crippen molar-refractivity contribution in [1.82, 2.24) is 10.2 Å². The topological polar surface area (TPSA) is 122 Å². The van der Waals surface area contributed by atoms with Crippen LogP contribution >= 0.6 is 11.6 Å². The Bertz CT molecular complexity index is 1200. The Hall–Kier alpha value is -3.72. The van der Waals surface area contributed by atoms with Gasteiger partial charge in [-0.15, -0.1) is 0 Å². The second kappa shape index (κ2) is 6.92. The van der Waals surface area contributed by atoms with Gasteiger partial charge in [0.15, 0.2) is 0 Å². The van der Waals surface area contributed by atoms with Gasteiger partial charge in [-0.2, -0.15) is 0 Å². The van der Waals surface area contributed by atoms with Crippen LogP contribution in [0.4, 0.5) is 11.4 Å². The highest BCUT2D eigenvalue weighted by molar-refractivity contribution is 6.32. The van der Waals surface area contributed by atoms with Crippen LogP contribution in [0.25, 0.3) is 6.08 Å². The van der Waals surface area contributed by atoms with Gasteiger partial charge in [-0.1, -0.05) is 35.9 Å². The van der Waals surface area contributed by atoms with E-state index in [1.54, 1.807) is 11.1 Å². The fraction of sp³-hybridized carbons (Fsp3) is 0.190. The highest BCUT2D eigenvalue weighted by Gasteiger charge is 2.61. The van der Waals surface area contributed by atoms with Crippen LogP contribution in [0.1, 0.15) is 17.2 Å². The van der Waals surface area contributed by atoms with E-state index in [4.69, 9.17) is 11.6 Å². The summed E-state index contributed by atoms with van der Waals surface area (Å²) >= 11 is 5.84. The lowest BCUT2D eigenvalue weighted by Gasteiger charge is -2.34. The van der Waals surface area contributed by atoms with E-state index in [1.807, 2.05) is 30.3 Å². The molecule has 3 amide bonds. The predicted octanol–water partition coefficient (Wildman–Crippen LogP) is 2.49. The number of nitrogens with one attached hydrogen (secondary N) is 2. The van der Waals surface area contributed by atoms with Crippen LogP contribution in [0.5, 0.6) is 0 Å². The first kappa shape index (κ1) is 19.3. The Morgan fingerprint density at radius 3 is 2.65 bits per heavy atom. The number of hydrogen-bond donors (Lipinski definition) is 2. The number of nitrogens with zero attached hydrogens (tertiary/aromatic N) is 2. The molecule has 2 aromatic carbocycles. The van der Waals surface area contributed by atoms with Crippen LogP contribution in [0, 0.1) is 22.0 Å². The zero-order valence-electron chi connectivity index (χ0n) is 15.8. The minimum atomic E-state index is -0.958. The number of anilines is 1. The largest absolute Gasteiger partial charge is 0.357 e. The highest BCUT2D eigenvalue weighted by Crippen LogP contribution is 2.50. The lowest BCUT2D eigenvalue weighted by Crippen LogP contribution is -2.45. The van der Waals surface area contributed by atoms with E-state index in [0.29, 0.717) is 0 Å². The second-order valence-corrected chi connectivity index (χ2v) is 8.01. The molecule has 4 atom stereocenters. The lowest BCUT2D eigenvalue weighted by molar-refractivity contribution is -0.384. The van der Waals surface area contributed by atoms with Gasteiger partial charge in [-0.25, -0.2) is 0 Å². The summed E-state index contributed by atoms with van der Waals surface area (Å²) in [6, 6.07) is 10.0. The number of hydrogen-bond acceptors (Lipinski definition) is 6. The van der Waals surface area contributed by atoms with Crippen molar-refractivity contribution in [2.75, 3.05) is 5.32 Å². The van der Waals surface area contributed by atoms with Gasteiger partial charge in [-0.05, 0) is 29.3 Å². The van der Waals surface area contributed by atoms with E-state index in [-0.39, 0.29) is 16.4 Å². The highest BCUT2D eigenvalue weighted by atomic mass is 35.5.